The standard InChI is InChI=1S/C13H9F2NO3S/c1-19-13(18)8-4-5-20-12(8)16-11(17)7-2-3-9(14)10(15)6-7/h2-6H,1H3,(H,16,17). The van der Waals surface area contributed by atoms with Crippen molar-refractivity contribution in [3.63, 3.8) is 0 Å². The molecule has 1 aromatic carbocycles. The Balaban J connectivity index is 2.22. The van der Waals surface area contributed by atoms with Gasteiger partial charge in [0.05, 0.1) is 12.7 Å². The second-order valence-electron chi connectivity index (χ2n) is 3.74. The van der Waals surface area contributed by atoms with Gasteiger partial charge in [0, 0.05) is 5.56 Å². The van der Waals surface area contributed by atoms with Gasteiger partial charge in [0.15, 0.2) is 11.6 Å². The van der Waals surface area contributed by atoms with Crippen molar-refractivity contribution in [2.75, 3.05) is 12.4 Å². The molecule has 1 heterocycles. The Kier molecular flexibility index (Phi) is 4.09. The lowest BCUT2D eigenvalue weighted by molar-refractivity contribution is 0.0602. The third kappa shape index (κ3) is 2.83. The first-order valence-electron chi connectivity index (χ1n) is 5.45. The van der Waals surface area contributed by atoms with Crippen molar-refractivity contribution in [2.45, 2.75) is 0 Å². The number of hydrogen-bond donors (Lipinski definition) is 1. The van der Waals surface area contributed by atoms with Crippen molar-refractivity contribution in [1.82, 2.24) is 0 Å². The van der Waals surface area contributed by atoms with Crippen molar-refractivity contribution < 1.29 is 23.1 Å². The molecule has 20 heavy (non-hydrogen) atoms. The van der Waals surface area contributed by atoms with Crippen molar-refractivity contribution in [2.24, 2.45) is 0 Å². The minimum absolute atomic E-state index is 0.0480. The molecule has 0 radical (unpaired) electrons. The number of hydrogen-bond acceptors (Lipinski definition) is 4. The summed E-state index contributed by atoms with van der Waals surface area (Å²) in [6.07, 6.45) is 0. The quantitative estimate of drug-likeness (QED) is 0.886. The van der Waals surface area contributed by atoms with Gasteiger partial charge in [-0.1, -0.05) is 0 Å². The zero-order chi connectivity index (χ0) is 14.7. The molecule has 2 aromatic rings. The van der Waals surface area contributed by atoms with Crippen LogP contribution >= 0.6 is 11.3 Å². The van der Waals surface area contributed by atoms with Gasteiger partial charge in [0.2, 0.25) is 0 Å². The number of anilines is 1. The molecule has 2 rings (SSSR count). The van der Waals surface area contributed by atoms with Crippen LogP contribution in [0.5, 0.6) is 0 Å². The summed E-state index contributed by atoms with van der Waals surface area (Å²) < 4.78 is 30.4. The van der Waals surface area contributed by atoms with Gasteiger partial charge >= 0.3 is 5.97 Å². The number of nitrogens with one attached hydrogen (secondary N) is 1. The highest BCUT2D eigenvalue weighted by molar-refractivity contribution is 7.14. The van der Waals surface area contributed by atoms with E-state index in [1.807, 2.05) is 0 Å². The number of halogens is 2. The summed E-state index contributed by atoms with van der Waals surface area (Å²) in [5, 5.41) is 4.35. The Hall–Kier alpha value is -2.28. The average Bonchev–Trinajstić information content (AvgIpc) is 2.89. The minimum Gasteiger partial charge on any atom is -0.465 e. The summed E-state index contributed by atoms with van der Waals surface area (Å²) in [6, 6.07) is 4.30. The first-order chi connectivity index (χ1) is 9.52. The fourth-order valence-corrected chi connectivity index (χ4v) is 2.26. The van der Waals surface area contributed by atoms with Crippen LogP contribution in [0.25, 0.3) is 0 Å². The van der Waals surface area contributed by atoms with Gasteiger partial charge in [-0.05, 0) is 29.6 Å². The van der Waals surface area contributed by atoms with Crippen molar-refractivity contribution >= 4 is 28.2 Å². The van der Waals surface area contributed by atoms with E-state index < -0.39 is 23.5 Å². The van der Waals surface area contributed by atoms with Gasteiger partial charge in [-0.2, -0.15) is 0 Å². The number of carbonyl (C=O) groups is 2. The Labute approximate surface area is 117 Å². The monoisotopic (exact) mass is 297 g/mol. The molecule has 0 aliphatic rings. The van der Waals surface area contributed by atoms with Crippen LogP contribution in [0.2, 0.25) is 0 Å². The molecule has 0 fully saturated rings. The molecule has 4 nitrogen and oxygen atoms in total. The van der Waals surface area contributed by atoms with Gasteiger partial charge in [-0.15, -0.1) is 11.3 Å². The molecule has 0 bridgehead atoms. The molecule has 0 spiro atoms. The normalized spacial score (nSPS) is 10.2. The summed E-state index contributed by atoms with van der Waals surface area (Å²) in [5.74, 6) is -3.38. The van der Waals surface area contributed by atoms with E-state index in [0.29, 0.717) is 0 Å². The second kappa shape index (κ2) is 5.79. The lowest BCUT2D eigenvalue weighted by Gasteiger charge is -2.05. The smallest absolute Gasteiger partial charge is 0.340 e. The molecule has 1 aromatic heterocycles. The molecule has 0 unspecified atom stereocenters. The predicted molar refractivity (Wildman–Crippen MR) is 70.0 cm³/mol. The zero-order valence-corrected chi connectivity index (χ0v) is 11.1. The summed E-state index contributed by atoms with van der Waals surface area (Å²) in [6.45, 7) is 0. The lowest BCUT2D eigenvalue weighted by atomic mass is 10.2. The van der Waals surface area contributed by atoms with Crippen LogP contribution in [-0.2, 0) is 4.74 Å². The Bertz CT molecular complexity index is 669. The highest BCUT2D eigenvalue weighted by Gasteiger charge is 2.17. The van der Waals surface area contributed by atoms with E-state index >= 15 is 0 Å². The summed E-state index contributed by atoms with van der Waals surface area (Å²) in [4.78, 5) is 23.3. The molecular formula is C13H9F2NO3S. The van der Waals surface area contributed by atoms with Crippen molar-refractivity contribution in [3.8, 4) is 0 Å². The minimum atomic E-state index is -1.11. The maximum Gasteiger partial charge on any atom is 0.340 e. The number of amides is 1. The third-order valence-corrected chi connectivity index (χ3v) is 3.31. The highest BCUT2D eigenvalue weighted by atomic mass is 32.1. The lowest BCUT2D eigenvalue weighted by Crippen LogP contribution is -2.14. The largest absolute Gasteiger partial charge is 0.465 e. The summed E-state index contributed by atoms with van der Waals surface area (Å²) in [7, 11) is 1.22. The van der Waals surface area contributed by atoms with E-state index in [2.05, 4.69) is 10.1 Å². The SMILES string of the molecule is COC(=O)c1ccsc1NC(=O)c1ccc(F)c(F)c1. The number of benzene rings is 1. The first kappa shape index (κ1) is 14.1. The molecular weight excluding hydrogens is 288 g/mol. The number of carbonyl (C=O) groups excluding carboxylic acids is 2. The van der Waals surface area contributed by atoms with E-state index in [4.69, 9.17) is 0 Å². The van der Waals surface area contributed by atoms with E-state index in [0.717, 1.165) is 29.5 Å². The predicted octanol–water partition coefficient (Wildman–Crippen LogP) is 3.07. The summed E-state index contributed by atoms with van der Waals surface area (Å²) in [5.41, 5.74) is 0.154. The highest BCUT2D eigenvalue weighted by Crippen LogP contribution is 2.24. The second-order valence-corrected chi connectivity index (χ2v) is 4.65. The van der Waals surface area contributed by atoms with Gasteiger partial charge in [-0.3, -0.25) is 4.79 Å². The molecule has 1 amide bonds. The van der Waals surface area contributed by atoms with Gasteiger partial charge < -0.3 is 10.1 Å². The van der Waals surface area contributed by atoms with Crippen LogP contribution in [0.1, 0.15) is 20.7 Å². The Morgan fingerprint density at radius 1 is 1.20 bits per heavy atom. The average molecular weight is 297 g/mol. The van der Waals surface area contributed by atoms with E-state index in [-0.39, 0.29) is 16.1 Å². The molecule has 0 saturated heterocycles. The van der Waals surface area contributed by atoms with Crippen LogP contribution in [-0.4, -0.2) is 19.0 Å². The number of esters is 1. The first-order valence-corrected chi connectivity index (χ1v) is 6.33. The molecule has 1 N–H and O–H groups in total. The van der Waals surface area contributed by atoms with Crippen LogP contribution < -0.4 is 5.32 Å². The van der Waals surface area contributed by atoms with Crippen LogP contribution in [0.3, 0.4) is 0 Å². The maximum absolute atomic E-state index is 13.1. The summed E-state index contributed by atoms with van der Waals surface area (Å²) >= 11 is 1.12. The fraction of sp³-hybridized carbons (Fsp3) is 0.0769. The van der Waals surface area contributed by atoms with Gasteiger partial charge in [-0.25, -0.2) is 13.6 Å². The fourth-order valence-electron chi connectivity index (χ4n) is 1.49. The molecule has 7 heteroatoms. The van der Waals surface area contributed by atoms with Crippen LogP contribution in [0.4, 0.5) is 13.8 Å². The topological polar surface area (TPSA) is 55.4 Å². The molecule has 104 valence electrons. The van der Waals surface area contributed by atoms with Crippen LogP contribution in [0.15, 0.2) is 29.6 Å². The van der Waals surface area contributed by atoms with Crippen molar-refractivity contribution in [1.29, 1.82) is 0 Å². The number of thiophene rings is 1. The van der Waals surface area contributed by atoms with E-state index in [9.17, 15) is 18.4 Å². The van der Waals surface area contributed by atoms with Gasteiger partial charge in [0.1, 0.15) is 5.00 Å². The van der Waals surface area contributed by atoms with E-state index in [1.165, 1.54) is 13.2 Å². The Morgan fingerprint density at radius 3 is 2.60 bits per heavy atom. The molecule has 0 aliphatic carbocycles. The molecule has 0 atom stereocenters. The zero-order valence-electron chi connectivity index (χ0n) is 10.3. The van der Waals surface area contributed by atoms with Crippen molar-refractivity contribution in [3.05, 3.63) is 52.4 Å². The number of methoxy groups -OCH3 is 1. The van der Waals surface area contributed by atoms with E-state index in [1.54, 1.807) is 5.38 Å². The Morgan fingerprint density at radius 2 is 1.95 bits per heavy atom. The van der Waals surface area contributed by atoms with Gasteiger partial charge in [0.25, 0.3) is 5.91 Å². The molecule has 0 aliphatic heterocycles. The number of rotatable bonds is 3. The number of ether oxygens (including phenoxy) is 1. The maximum atomic E-state index is 13.1. The molecule has 0 saturated carbocycles. The van der Waals surface area contributed by atoms with Crippen LogP contribution in [0, 0.1) is 11.6 Å². The third-order valence-electron chi connectivity index (χ3n) is 2.48.